The number of carboxylic acids is 1. The Kier molecular flexibility index (Phi) is 14.3. The van der Waals surface area contributed by atoms with Crippen LogP contribution in [0, 0.1) is 6.92 Å². The van der Waals surface area contributed by atoms with E-state index in [1.807, 2.05) is 0 Å². The van der Waals surface area contributed by atoms with Crippen molar-refractivity contribution in [2.75, 3.05) is 26.4 Å². The molecule has 7 nitrogen and oxygen atoms in total. The lowest BCUT2D eigenvalue weighted by atomic mass is 9.80. The summed E-state index contributed by atoms with van der Waals surface area (Å²) in [5, 5.41) is 11.2. The Hall–Kier alpha value is -5.04. The Morgan fingerprint density at radius 3 is 1.30 bits per heavy atom. The van der Waals surface area contributed by atoms with E-state index in [0.717, 1.165) is 92.8 Å². The number of aromatic carboxylic acids is 1. The van der Waals surface area contributed by atoms with Crippen molar-refractivity contribution >= 4 is 16.9 Å². The van der Waals surface area contributed by atoms with Crippen molar-refractivity contribution in [1.82, 2.24) is 4.98 Å². The van der Waals surface area contributed by atoms with Crippen LogP contribution in [0.5, 0.6) is 23.0 Å². The molecule has 1 aromatic heterocycles. The molecule has 0 saturated heterocycles. The summed E-state index contributed by atoms with van der Waals surface area (Å²) in [6, 6.07) is 17.9. The molecule has 6 rings (SSSR count). The SMILES string of the molecule is CCCOc1c2cc(C(C)(C)C)cc1Cc1cc(C(C)(C)C)cc(c1OCCC)-c1cc3nc(C)c(C(=O)O)cc3c(c1OCCC)Cc1cc(C(C)(C)C)cc(c1OCCC)C2. The van der Waals surface area contributed by atoms with Crippen LogP contribution in [0.3, 0.4) is 0 Å². The summed E-state index contributed by atoms with van der Waals surface area (Å²) >= 11 is 0. The van der Waals surface area contributed by atoms with Gasteiger partial charge < -0.3 is 24.1 Å². The highest BCUT2D eigenvalue weighted by atomic mass is 16.5. The molecule has 0 radical (unpaired) electrons. The Labute approximate surface area is 377 Å². The van der Waals surface area contributed by atoms with Crippen molar-refractivity contribution in [2.45, 2.75) is 158 Å². The van der Waals surface area contributed by atoms with Crippen LogP contribution in [-0.4, -0.2) is 42.5 Å². The van der Waals surface area contributed by atoms with Gasteiger partial charge in [-0.15, -0.1) is 0 Å². The number of benzene rings is 4. The van der Waals surface area contributed by atoms with Crippen LogP contribution in [0.2, 0.25) is 0 Å². The number of rotatable bonds is 13. The molecule has 8 bridgehead atoms. The number of fused-ring (bicyclic) bond motifs is 11. The lowest BCUT2D eigenvalue weighted by molar-refractivity contribution is 0.0695. The van der Waals surface area contributed by atoms with Gasteiger partial charge in [0.1, 0.15) is 23.0 Å². The smallest absolute Gasteiger partial charge is 0.337 e. The summed E-state index contributed by atoms with van der Waals surface area (Å²) in [4.78, 5) is 17.9. The third kappa shape index (κ3) is 10.3. The number of pyridine rings is 1. The molecule has 0 saturated carbocycles. The van der Waals surface area contributed by atoms with E-state index in [-0.39, 0.29) is 21.8 Å². The maximum Gasteiger partial charge on any atom is 0.337 e. The predicted molar refractivity (Wildman–Crippen MR) is 259 cm³/mol. The Bertz CT molecular complexity index is 2470. The van der Waals surface area contributed by atoms with Gasteiger partial charge in [-0.1, -0.05) is 120 Å². The minimum Gasteiger partial charge on any atom is -0.493 e. The zero-order chi connectivity index (χ0) is 46.0. The number of aromatic nitrogens is 1. The van der Waals surface area contributed by atoms with E-state index >= 15 is 0 Å². The van der Waals surface area contributed by atoms with Crippen molar-refractivity contribution in [3.63, 3.8) is 0 Å². The topological polar surface area (TPSA) is 87.1 Å². The van der Waals surface area contributed by atoms with Crippen molar-refractivity contribution in [3.8, 4) is 34.1 Å². The largest absolute Gasteiger partial charge is 0.493 e. The van der Waals surface area contributed by atoms with E-state index in [1.54, 1.807) is 13.0 Å². The van der Waals surface area contributed by atoms with E-state index < -0.39 is 5.97 Å². The minimum absolute atomic E-state index is 0.139. The number of carboxylic acid groups (broad SMARTS) is 1. The number of nitrogens with zero attached hydrogens (tertiary/aromatic N) is 1. The molecule has 0 amide bonds. The van der Waals surface area contributed by atoms with E-state index in [2.05, 4.69) is 132 Å². The molecule has 0 atom stereocenters. The van der Waals surface area contributed by atoms with E-state index in [4.69, 9.17) is 23.9 Å². The molecule has 4 aromatic carbocycles. The van der Waals surface area contributed by atoms with Crippen molar-refractivity contribution in [3.05, 3.63) is 110 Å². The van der Waals surface area contributed by atoms with Gasteiger partial charge in [-0.3, -0.25) is 4.98 Å². The van der Waals surface area contributed by atoms with Crippen LogP contribution in [0.25, 0.3) is 22.0 Å². The fourth-order valence-electron chi connectivity index (χ4n) is 8.53. The highest BCUT2D eigenvalue weighted by Gasteiger charge is 2.30. The molecule has 1 aliphatic carbocycles. The van der Waals surface area contributed by atoms with Crippen LogP contribution in [0.15, 0.2) is 48.5 Å². The van der Waals surface area contributed by atoms with Crippen LogP contribution >= 0.6 is 0 Å². The summed E-state index contributed by atoms with van der Waals surface area (Å²) < 4.78 is 27.9. The number of hydrogen-bond donors (Lipinski definition) is 1. The second-order valence-electron chi connectivity index (χ2n) is 20.7. The normalized spacial score (nSPS) is 13.0. The first-order chi connectivity index (χ1) is 29.7. The van der Waals surface area contributed by atoms with Gasteiger partial charge in [0.15, 0.2) is 0 Å². The number of ether oxygens (including phenoxy) is 4. The molecule has 1 N–H and O–H groups in total. The van der Waals surface area contributed by atoms with Gasteiger partial charge in [0, 0.05) is 41.3 Å². The van der Waals surface area contributed by atoms with E-state index in [9.17, 15) is 9.90 Å². The molecule has 5 aromatic rings. The monoisotopic (exact) mass is 856 g/mol. The molecular formula is C56H73NO6. The van der Waals surface area contributed by atoms with Crippen LogP contribution < -0.4 is 18.9 Å². The lowest BCUT2D eigenvalue weighted by Gasteiger charge is -2.27. The molecule has 338 valence electrons. The average Bonchev–Trinajstić information content (AvgIpc) is 3.19. The number of carbonyl (C=O) groups is 1. The summed E-state index contributed by atoms with van der Waals surface area (Å²) in [6.45, 7) is 32.9. The highest BCUT2D eigenvalue weighted by molar-refractivity contribution is 5.99. The first-order valence-corrected chi connectivity index (χ1v) is 23.4. The number of hydrogen-bond acceptors (Lipinski definition) is 6. The van der Waals surface area contributed by atoms with Crippen LogP contribution in [-0.2, 0) is 35.5 Å². The Balaban J connectivity index is 1.91. The molecule has 63 heavy (non-hydrogen) atoms. The highest BCUT2D eigenvalue weighted by Crippen LogP contribution is 2.49. The summed E-state index contributed by atoms with van der Waals surface area (Å²) in [5.41, 5.74) is 12.6. The molecule has 0 unspecified atom stereocenters. The fourth-order valence-corrected chi connectivity index (χ4v) is 8.53. The third-order valence-electron chi connectivity index (χ3n) is 12.1. The Morgan fingerprint density at radius 2 is 0.889 bits per heavy atom. The van der Waals surface area contributed by atoms with Crippen molar-refractivity contribution in [1.29, 1.82) is 0 Å². The van der Waals surface area contributed by atoms with Gasteiger partial charge in [0.2, 0.25) is 0 Å². The molecule has 1 aliphatic rings. The summed E-state index contributed by atoms with van der Waals surface area (Å²) in [7, 11) is 0. The summed E-state index contributed by atoms with van der Waals surface area (Å²) in [6.07, 6.45) is 4.95. The van der Waals surface area contributed by atoms with Gasteiger partial charge in [0.05, 0.1) is 43.2 Å². The quantitative estimate of drug-likeness (QED) is 0.124. The zero-order valence-corrected chi connectivity index (χ0v) is 40.8. The van der Waals surface area contributed by atoms with Crippen LogP contribution in [0.4, 0.5) is 0 Å². The minimum atomic E-state index is -1.01. The first kappa shape index (κ1) is 47.4. The first-order valence-electron chi connectivity index (χ1n) is 23.4. The lowest BCUT2D eigenvalue weighted by Crippen LogP contribution is -2.16. The average molecular weight is 856 g/mol. The maximum atomic E-state index is 12.8. The Morgan fingerprint density at radius 1 is 0.524 bits per heavy atom. The summed E-state index contributed by atoms with van der Waals surface area (Å²) in [5.74, 6) is 2.30. The van der Waals surface area contributed by atoms with E-state index in [0.29, 0.717) is 62.7 Å². The fraction of sp³-hybridized carbons (Fsp3) is 0.500. The molecular weight excluding hydrogens is 783 g/mol. The van der Waals surface area contributed by atoms with Crippen molar-refractivity contribution in [2.24, 2.45) is 0 Å². The molecule has 1 heterocycles. The van der Waals surface area contributed by atoms with Gasteiger partial charge in [-0.05, 0) is 112 Å². The third-order valence-corrected chi connectivity index (χ3v) is 12.1. The van der Waals surface area contributed by atoms with E-state index in [1.165, 1.54) is 16.7 Å². The second-order valence-corrected chi connectivity index (χ2v) is 20.7. The van der Waals surface area contributed by atoms with Crippen molar-refractivity contribution < 1.29 is 28.8 Å². The molecule has 0 spiro atoms. The van der Waals surface area contributed by atoms with Gasteiger partial charge in [-0.25, -0.2) is 4.79 Å². The zero-order valence-electron chi connectivity index (χ0n) is 40.8. The van der Waals surface area contributed by atoms with Gasteiger partial charge in [0.25, 0.3) is 0 Å². The van der Waals surface area contributed by atoms with Gasteiger partial charge in [-0.2, -0.15) is 0 Å². The number of aryl methyl sites for hydroxylation is 1. The molecule has 0 fully saturated rings. The second kappa shape index (κ2) is 19.0. The predicted octanol–water partition coefficient (Wildman–Crippen LogP) is 14.0. The van der Waals surface area contributed by atoms with Crippen LogP contribution in [0.1, 0.15) is 182 Å². The molecule has 0 aliphatic heterocycles. The maximum absolute atomic E-state index is 12.8. The standard InChI is InChI=1S/C56H73NO6/c1-15-19-60-49-35-23-36-26-41(55(9,10)11)29-39(50(36)61-20-16-2)30-45-44-32-43(53(58)59)34(5)57-48(44)33-47(52(45)63-22-18-4)46-31-42(56(12,13)14)28-38(51(46)62-21-17-3)24-37(49)27-40(25-35)54(6,7)8/h25-29,31-33H,15-24,30H2,1-14H3,(H,58,59). The molecule has 7 heteroatoms. The van der Waals surface area contributed by atoms with Gasteiger partial charge >= 0.3 is 5.97 Å².